The first kappa shape index (κ1) is 8.05. The van der Waals surface area contributed by atoms with Crippen LogP contribution in [0.3, 0.4) is 0 Å². The van der Waals surface area contributed by atoms with Gasteiger partial charge in [0.25, 0.3) is 0 Å². The highest BCUT2D eigenvalue weighted by Crippen LogP contribution is 2.26. The lowest BCUT2D eigenvalue weighted by Gasteiger charge is -2.04. The summed E-state index contributed by atoms with van der Waals surface area (Å²) in [5, 5.41) is 10.6. The van der Waals surface area contributed by atoms with Crippen LogP contribution in [0.15, 0.2) is 30.5 Å². The molecule has 0 saturated carbocycles. The van der Waals surface area contributed by atoms with Crippen molar-refractivity contribution in [2.75, 3.05) is 0 Å². The number of hydrogen-bond acceptors (Lipinski definition) is 2. The number of hydrogen-bond donors (Lipinski definition) is 1. The minimum atomic E-state index is 0.306. The SMILES string of the molecule is [CH2]Cc1cnc2ccccc2c1O. The first-order chi connectivity index (χ1) is 6.33. The first-order valence-electron chi connectivity index (χ1n) is 4.17. The second kappa shape index (κ2) is 3.05. The van der Waals surface area contributed by atoms with E-state index in [-0.39, 0.29) is 0 Å². The van der Waals surface area contributed by atoms with Crippen molar-refractivity contribution in [1.82, 2.24) is 4.98 Å². The van der Waals surface area contributed by atoms with Crippen LogP contribution in [0.4, 0.5) is 0 Å². The van der Waals surface area contributed by atoms with E-state index in [4.69, 9.17) is 0 Å². The van der Waals surface area contributed by atoms with Gasteiger partial charge in [0.2, 0.25) is 0 Å². The molecule has 1 aromatic heterocycles. The lowest BCUT2D eigenvalue weighted by Crippen LogP contribution is -1.86. The van der Waals surface area contributed by atoms with E-state index in [1.54, 1.807) is 6.20 Å². The average Bonchev–Trinajstić information content (AvgIpc) is 2.19. The zero-order valence-electron chi connectivity index (χ0n) is 7.20. The van der Waals surface area contributed by atoms with E-state index in [0.717, 1.165) is 16.5 Å². The summed E-state index contributed by atoms with van der Waals surface area (Å²) in [6, 6.07) is 7.52. The van der Waals surface area contributed by atoms with Crippen LogP contribution >= 0.6 is 0 Å². The van der Waals surface area contributed by atoms with Gasteiger partial charge in [-0.15, -0.1) is 0 Å². The summed E-state index contributed by atoms with van der Waals surface area (Å²) in [5.41, 5.74) is 1.61. The summed E-state index contributed by atoms with van der Waals surface area (Å²) in [4.78, 5) is 4.21. The normalized spacial score (nSPS) is 10.5. The molecule has 1 N–H and O–H groups in total. The van der Waals surface area contributed by atoms with Gasteiger partial charge in [-0.05, 0) is 25.5 Å². The third-order valence-electron chi connectivity index (χ3n) is 2.09. The molecule has 0 aliphatic rings. The fourth-order valence-corrected chi connectivity index (χ4v) is 1.35. The molecule has 65 valence electrons. The summed E-state index contributed by atoms with van der Waals surface area (Å²) >= 11 is 0. The predicted molar refractivity (Wildman–Crippen MR) is 52.5 cm³/mol. The molecule has 0 unspecified atom stereocenters. The second-order valence-electron chi connectivity index (χ2n) is 2.90. The van der Waals surface area contributed by atoms with E-state index < -0.39 is 0 Å². The van der Waals surface area contributed by atoms with E-state index in [1.807, 2.05) is 24.3 Å². The van der Waals surface area contributed by atoms with Crippen molar-refractivity contribution in [3.8, 4) is 5.75 Å². The van der Waals surface area contributed by atoms with Gasteiger partial charge >= 0.3 is 0 Å². The maximum atomic E-state index is 9.77. The number of benzene rings is 1. The fraction of sp³-hybridized carbons (Fsp3) is 0.0909. The highest BCUT2D eigenvalue weighted by atomic mass is 16.3. The standard InChI is InChI=1S/C11H10NO/c1-2-8-7-12-10-6-4-3-5-9(10)11(8)13/h3-7H,1-2H2,(H,12,13). The zero-order valence-corrected chi connectivity index (χ0v) is 7.20. The van der Waals surface area contributed by atoms with Crippen molar-refractivity contribution in [3.63, 3.8) is 0 Å². The van der Waals surface area contributed by atoms with Gasteiger partial charge in [0, 0.05) is 17.1 Å². The predicted octanol–water partition coefficient (Wildman–Crippen LogP) is 2.32. The maximum Gasteiger partial charge on any atom is 0.129 e. The van der Waals surface area contributed by atoms with Gasteiger partial charge < -0.3 is 5.11 Å². The summed E-state index contributed by atoms with van der Waals surface area (Å²) in [6.45, 7) is 3.72. The lowest BCUT2D eigenvalue weighted by atomic mass is 10.1. The Bertz CT molecular complexity index is 437. The van der Waals surface area contributed by atoms with Gasteiger partial charge in [-0.2, -0.15) is 0 Å². The summed E-state index contributed by atoms with van der Waals surface area (Å²) in [7, 11) is 0. The molecule has 0 spiro atoms. The van der Waals surface area contributed by atoms with Crippen LogP contribution in [0.5, 0.6) is 5.75 Å². The molecule has 13 heavy (non-hydrogen) atoms. The first-order valence-corrected chi connectivity index (χ1v) is 4.17. The molecular weight excluding hydrogens is 162 g/mol. The largest absolute Gasteiger partial charge is 0.507 e. The molecular formula is C11H10NO. The van der Waals surface area contributed by atoms with Crippen molar-refractivity contribution >= 4 is 10.9 Å². The Morgan fingerprint density at radius 2 is 2.08 bits per heavy atom. The maximum absolute atomic E-state index is 9.77. The summed E-state index contributed by atoms with van der Waals surface area (Å²) in [5.74, 6) is 0.306. The van der Waals surface area contributed by atoms with Crippen LogP contribution < -0.4 is 0 Å². The molecule has 1 aromatic carbocycles. The average molecular weight is 172 g/mol. The Kier molecular flexibility index (Phi) is 1.89. The van der Waals surface area contributed by atoms with Crippen LogP contribution in [0.2, 0.25) is 0 Å². The van der Waals surface area contributed by atoms with Crippen molar-refractivity contribution in [3.05, 3.63) is 42.9 Å². The molecule has 0 amide bonds. The molecule has 0 aliphatic heterocycles. The minimum Gasteiger partial charge on any atom is -0.507 e. The third-order valence-corrected chi connectivity index (χ3v) is 2.09. The fourth-order valence-electron chi connectivity index (χ4n) is 1.35. The number of aromatic hydroxyl groups is 1. The quantitative estimate of drug-likeness (QED) is 0.716. The van der Waals surface area contributed by atoms with Gasteiger partial charge in [-0.1, -0.05) is 12.1 Å². The summed E-state index contributed by atoms with van der Waals surface area (Å²) < 4.78 is 0. The van der Waals surface area contributed by atoms with E-state index in [1.165, 1.54) is 0 Å². The van der Waals surface area contributed by atoms with Gasteiger partial charge in [0.05, 0.1) is 5.52 Å². The van der Waals surface area contributed by atoms with E-state index in [9.17, 15) is 5.11 Å². The number of nitrogens with zero attached hydrogens (tertiary/aromatic N) is 1. The second-order valence-corrected chi connectivity index (χ2v) is 2.90. The number of pyridine rings is 1. The number of para-hydroxylation sites is 1. The molecule has 2 aromatic rings. The van der Waals surface area contributed by atoms with Crippen LogP contribution in [0.1, 0.15) is 5.56 Å². The van der Waals surface area contributed by atoms with Crippen molar-refractivity contribution in [1.29, 1.82) is 0 Å². The molecule has 2 heteroatoms. The number of rotatable bonds is 1. The van der Waals surface area contributed by atoms with Crippen LogP contribution in [0.25, 0.3) is 10.9 Å². The van der Waals surface area contributed by atoms with Gasteiger partial charge in [-0.25, -0.2) is 0 Å². The van der Waals surface area contributed by atoms with E-state index in [0.29, 0.717) is 12.2 Å². The van der Waals surface area contributed by atoms with Crippen molar-refractivity contribution < 1.29 is 5.11 Å². The monoisotopic (exact) mass is 172 g/mol. The molecule has 2 rings (SSSR count). The lowest BCUT2D eigenvalue weighted by molar-refractivity contribution is 0.475. The van der Waals surface area contributed by atoms with Crippen LogP contribution in [-0.4, -0.2) is 10.1 Å². The Labute approximate surface area is 76.9 Å². The molecule has 1 heterocycles. The third kappa shape index (κ3) is 1.24. The topological polar surface area (TPSA) is 33.1 Å². The highest BCUT2D eigenvalue weighted by Gasteiger charge is 2.04. The zero-order chi connectivity index (χ0) is 9.26. The summed E-state index contributed by atoms with van der Waals surface area (Å²) in [6.07, 6.45) is 2.23. The van der Waals surface area contributed by atoms with Gasteiger partial charge in [0.1, 0.15) is 5.75 Å². The van der Waals surface area contributed by atoms with Crippen LogP contribution in [0, 0.1) is 6.92 Å². The van der Waals surface area contributed by atoms with Gasteiger partial charge in [-0.3, -0.25) is 4.98 Å². The highest BCUT2D eigenvalue weighted by molar-refractivity contribution is 5.85. The molecule has 0 bridgehead atoms. The molecule has 0 fully saturated rings. The molecule has 2 nitrogen and oxygen atoms in total. The Morgan fingerprint density at radius 3 is 2.85 bits per heavy atom. The Morgan fingerprint density at radius 1 is 1.31 bits per heavy atom. The minimum absolute atomic E-state index is 0.306. The number of fused-ring (bicyclic) bond motifs is 1. The van der Waals surface area contributed by atoms with Crippen molar-refractivity contribution in [2.45, 2.75) is 6.42 Å². The van der Waals surface area contributed by atoms with Gasteiger partial charge in [0.15, 0.2) is 0 Å². The Hall–Kier alpha value is -1.57. The van der Waals surface area contributed by atoms with Crippen molar-refractivity contribution in [2.24, 2.45) is 0 Å². The van der Waals surface area contributed by atoms with E-state index >= 15 is 0 Å². The Balaban J connectivity index is 2.79. The molecule has 0 aliphatic carbocycles. The van der Waals surface area contributed by atoms with Crippen LogP contribution in [-0.2, 0) is 6.42 Å². The van der Waals surface area contributed by atoms with E-state index in [2.05, 4.69) is 11.9 Å². The molecule has 0 atom stereocenters. The smallest absolute Gasteiger partial charge is 0.129 e. The molecule has 1 radical (unpaired) electrons. The number of aromatic nitrogens is 1. The molecule has 0 saturated heterocycles.